The lowest BCUT2D eigenvalue weighted by atomic mass is 10.2. The van der Waals surface area contributed by atoms with E-state index in [0.29, 0.717) is 0 Å². The molecule has 1 aliphatic heterocycles. The van der Waals surface area contributed by atoms with E-state index in [0.717, 1.165) is 0 Å². The molecule has 0 aromatic heterocycles. The molecular formula is C4H9N3O2. The second-order valence-corrected chi connectivity index (χ2v) is 2.28. The van der Waals surface area contributed by atoms with Gasteiger partial charge in [0.2, 0.25) is 0 Å². The number of hydrogen-bond donors (Lipinski definition) is 4. The van der Waals surface area contributed by atoms with Crippen molar-refractivity contribution >= 4 is 6.03 Å². The molecule has 52 valence electrons. The Balaban J connectivity index is 2.69. The lowest BCUT2D eigenvalue weighted by molar-refractivity contribution is 0.0945. The second kappa shape index (κ2) is 1.58. The third-order valence-corrected chi connectivity index (χ3v) is 1.22. The van der Waals surface area contributed by atoms with Crippen LogP contribution < -0.4 is 16.4 Å². The van der Waals surface area contributed by atoms with Crippen LogP contribution in [-0.4, -0.2) is 23.0 Å². The zero-order chi connectivity index (χ0) is 7.07. The van der Waals surface area contributed by atoms with Gasteiger partial charge in [-0.3, -0.25) is 0 Å². The number of carbonyl (C=O) groups is 1. The molecule has 5 nitrogen and oxygen atoms in total. The minimum atomic E-state index is -1.03. The van der Waals surface area contributed by atoms with Crippen molar-refractivity contribution in [1.82, 2.24) is 10.6 Å². The maximum Gasteiger partial charge on any atom is 0.318 e. The summed E-state index contributed by atoms with van der Waals surface area (Å²) in [6.07, 6.45) is -0.995. The van der Waals surface area contributed by atoms with Gasteiger partial charge < -0.3 is 21.5 Å². The second-order valence-electron chi connectivity index (χ2n) is 2.28. The highest BCUT2D eigenvalue weighted by atomic mass is 16.3. The van der Waals surface area contributed by atoms with Gasteiger partial charge in [-0.05, 0) is 6.92 Å². The van der Waals surface area contributed by atoms with E-state index < -0.39 is 17.9 Å². The summed E-state index contributed by atoms with van der Waals surface area (Å²) in [6.45, 7) is 1.52. The molecule has 5 heteroatoms. The number of urea groups is 1. The maximum absolute atomic E-state index is 10.4. The van der Waals surface area contributed by atoms with E-state index in [9.17, 15) is 4.79 Å². The van der Waals surface area contributed by atoms with Crippen molar-refractivity contribution in [2.24, 2.45) is 5.73 Å². The summed E-state index contributed by atoms with van der Waals surface area (Å²) in [4.78, 5) is 10.4. The van der Waals surface area contributed by atoms with Gasteiger partial charge in [-0.25, -0.2) is 4.79 Å². The van der Waals surface area contributed by atoms with Gasteiger partial charge in [0.05, 0.1) is 0 Å². The van der Waals surface area contributed by atoms with Crippen molar-refractivity contribution in [2.75, 3.05) is 0 Å². The molecule has 0 aromatic carbocycles. The SMILES string of the molecule is CC1(N)NC(=O)NC1O. The van der Waals surface area contributed by atoms with Gasteiger partial charge in [0.15, 0.2) is 6.23 Å². The first-order valence-electron chi connectivity index (χ1n) is 2.58. The van der Waals surface area contributed by atoms with Crippen LogP contribution in [0.2, 0.25) is 0 Å². The van der Waals surface area contributed by atoms with Crippen molar-refractivity contribution in [3.05, 3.63) is 0 Å². The van der Waals surface area contributed by atoms with Crippen LogP contribution in [0.1, 0.15) is 6.92 Å². The third kappa shape index (κ3) is 0.962. The van der Waals surface area contributed by atoms with Crippen LogP contribution in [0.15, 0.2) is 0 Å². The van der Waals surface area contributed by atoms with E-state index >= 15 is 0 Å². The highest BCUT2D eigenvalue weighted by Gasteiger charge is 2.37. The number of aliphatic hydroxyl groups is 1. The Morgan fingerprint density at radius 3 is 2.56 bits per heavy atom. The van der Waals surface area contributed by atoms with Crippen molar-refractivity contribution in [2.45, 2.75) is 18.8 Å². The van der Waals surface area contributed by atoms with Crippen LogP contribution in [0.25, 0.3) is 0 Å². The van der Waals surface area contributed by atoms with Crippen LogP contribution in [0.4, 0.5) is 4.79 Å². The molecule has 0 aromatic rings. The summed E-state index contributed by atoms with van der Waals surface area (Å²) in [5.41, 5.74) is 4.34. The fourth-order valence-corrected chi connectivity index (χ4v) is 0.623. The van der Waals surface area contributed by atoms with Gasteiger partial charge in [-0.1, -0.05) is 0 Å². The van der Waals surface area contributed by atoms with Gasteiger partial charge in [0.1, 0.15) is 5.66 Å². The first-order chi connectivity index (χ1) is 4.02. The summed E-state index contributed by atoms with van der Waals surface area (Å²) >= 11 is 0. The number of aliphatic hydroxyl groups excluding tert-OH is 1. The predicted octanol–water partition coefficient (Wildman–Crippen LogP) is -1.71. The largest absolute Gasteiger partial charge is 0.370 e. The molecule has 2 amide bonds. The molecule has 2 atom stereocenters. The molecule has 0 spiro atoms. The average molecular weight is 131 g/mol. The van der Waals surface area contributed by atoms with Gasteiger partial charge >= 0.3 is 6.03 Å². The van der Waals surface area contributed by atoms with Crippen LogP contribution in [0, 0.1) is 0 Å². The number of carbonyl (C=O) groups excluding carboxylic acids is 1. The summed E-state index contributed by atoms with van der Waals surface area (Å²) in [5, 5.41) is 13.4. The number of hydrogen-bond acceptors (Lipinski definition) is 3. The van der Waals surface area contributed by atoms with Crippen LogP contribution in [0.5, 0.6) is 0 Å². The maximum atomic E-state index is 10.4. The van der Waals surface area contributed by atoms with Crippen LogP contribution >= 0.6 is 0 Å². The predicted molar refractivity (Wildman–Crippen MR) is 30.3 cm³/mol. The van der Waals surface area contributed by atoms with Crippen LogP contribution in [0.3, 0.4) is 0 Å². The summed E-state index contributed by atoms with van der Waals surface area (Å²) in [7, 11) is 0. The van der Waals surface area contributed by atoms with Crippen molar-refractivity contribution < 1.29 is 9.90 Å². The van der Waals surface area contributed by atoms with Crippen molar-refractivity contribution in [3.63, 3.8) is 0 Å². The van der Waals surface area contributed by atoms with Crippen LogP contribution in [-0.2, 0) is 0 Å². The third-order valence-electron chi connectivity index (χ3n) is 1.22. The Kier molecular flexibility index (Phi) is 1.11. The molecule has 1 rings (SSSR count). The quantitative estimate of drug-likeness (QED) is 0.316. The first kappa shape index (κ1) is 6.31. The van der Waals surface area contributed by atoms with E-state index in [1.807, 2.05) is 0 Å². The number of amides is 2. The number of rotatable bonds is 0. The zero-order valence-corrected chi connectivity index (χ0v) is 5.01. The lowest BCUT2D eigenvalue weighted by Gasteiger charge is -2.19. The van der Waals surface area contributed by atoms with E-state index in [2.05, 4.69) is 10.6 Å². The van der Waals surface area contributed by atoms with Gasteiger partial charge in [0.25, 0.3) is 0 Å². The molecule has 0 aliphatic carbocycles. The fourth-order valence-electron chi connectivity index (χ4n) is 0.623. The minimum Gasteiger partial charge on any atom is -0.370 e. The minimum absolute atomic E-state index is 0.437. The Morgan fingerprint density at radius 1 is 1.89 bits per heavy atom. The fraction of sp³-hybridized carbons (Fsp3) is 0.750. The molecule has 9 heavy (non-hydrogen) atoms. The smallest absolute Gasteiger partial charge is 0.318 e. The summed E-state index contributed by atoms with van der Waals surface area (Å²) < 4.78 is 0. The number of nitrogens with two attached hydrogens (primary N) is 1. The van der Waals surface area contributed by atoms with Crippen molar-refractivity contribution in [3.8, 4) is 0 Å². The number of nitrogens with one attached hydrogen (secondary N) is 2. The molecule has 0 saturated carbocycles. The van der Waals surface area contributed by atoms with Gasteiger partial charge in [-0.2, -0.15) is 0 Å². The molecule has 0 bridgehead atoms. The summed E-state index contributed by atoms with van der Waals surface area (Å²) in [6, 6.07) is -0.437. The molecule has 1 fully saturated rings. The first-order valence-corrected chi connectivity index (χ1v) is 2.58. The molecule has 2 unspecified atom stereocenters. The van der Waals surface area contributed by atoms with E-state index in [1.54, 1.807) is 0 Å². The monoisotopic (exact) mass is 131 g/mol. The highest BCUT2D eigenvalue weighted by Crippen LogP contribution is 2.04. The Morgan fingerprint density at radius 2 is 2.44 bits per heavy atom. The van der Waals surface area contributed by atoms with Gasteiger partial charge in [0, 0.05) is 0 Å². The van der Waals surface area contributed by atoms with Gasteiger partial charge in [-0.15, -0.1) is 0 Å². The highest BCUT2D eigenvalue weighted by molar-refractivity contribution is 5.77. The molecule has 1 heterocycles. The molecule has 0 radical (unpaired) electrons. The van der Waals surface area contributed by atoms with E-state index in [-0.39, 0.29) is 0 Å². The molecule has 1 saturated heterocycles. The Labute approximate surface area is 52.2 Å². The lowest BCUT2D eigenvalue weighted by Crippen LogP contribution is -2.54. The van der Waals surface area contributed by atoms with Crippen molar-refractivity contribution in [1.29, 1.82) is 0 Å². The Hall–Kier alpha value is -0.810. The topological polar surface area (TPSA) is 87.4 Å². The average Bonchev–Trinajstić information content (AvgIpc) is 1.79. The Bertz CT molecular complexity index is 145. The normalized spacial score (nSPS) is 42.1. The molecule has 5 N–H and O–H groups in total. The molecule has 1 aliphatic rings. The van der Waals surface area contributed by atoms with E-state index in [4.69, 9.17) is 10.8 Å². The molecular weight excluding hydrogens is 122 g/mol. The standard InChI is InChI=1S/C4H9N3O2/c1-4(5)2(8)6-3(9)7-4/h2,8H,5H2,1H3,(H2,6,7,9). The summed E-state index contributed by atoms with van der Waals surface area (Å²) in [5.74, 6) is 0. The van der Waals surface area contributed by atoms with E-state index in [1.165, 1.54) is 6.92 Å². The zero-order valence-electron chi connectivity index (χ0n) is 5.01.